The highest BCUT2D eigenvalue weighted by Gasteiger charge is 2.19. The summed E-state index contributed by atoms with van der Waals surface area (Å²) in [5, 5.41) is 0. The lowest BCUT2D eigenvalue weighted by molar-refractivity contribution is 0.0462. The lowest BCUT2D eigenvalue weighted by Gasteiger charge is -2.26. The first-order chi connectivity index (χ1) is 7.68. The SMILES string of the molecule is CCCCCCCCOCC(C)(CC)CC. The minimum absolute atomic E-state index is 0.405. The molecule has 98 valence electrons. The lowest BCUT2D eigenvalue weighted by Crippen LogP contribution is -2.21. The van der Waals surface area contributed by atoms with Crippen molar-refractivity contribution in [2.45, 2.75) is 79.1 Å². The molecule has 1 nitrogen and oxygen atoms in total. The molecule has 0 amide bonds. The van der Waals surface area contributed by atoms with E-state index in [2.05, 4.69) is 27.7 Å². The molecule has 0 aliphatic rings. The number of unbranched alkanes of at least 4 members (excludes halogenated alkanes) is 5. The second-order valence-electron chi connectivity index (χ2n) is 5.34. The van der Waals surface area contributed by atoms with Gasteiger partial charge in [-0.15, -0.1) is 0 Å². The summed E-state index contributed by atoms with van der Waals surface area (Å²) >= 11 is 0. The zero-order chi connectivity index (χ0) is 12.3. The smallest absolute Gasteiger partial charge is 0.0519 e. The van der Waals surface area contributed by atoms with E-state index < -0.39 is 0 Å². The van der Waals surface area contributed by atoms with Crippen LogP contribution >= 0.6 is 0 Å². The minimum atomic E-state index is 0.405. The van der Waals surface area contributed by atoms with E-state index in [0.717, 1.165) is 13.2 Å². The molecule has 0 heterocycles. The van der Waals surface area contributed by atoms with E-state index >= 15 is 0 Å². The Hall–Kier alpha value is -0.0400. The van der Waals surface area contributed by atoms with Gasteiger partial charge in [0.05, 0.1) is 6.61 Å². The Labute approximate surface area is 103 Å². The molecule has 0 unspecified atom stereocenters. The highest BCUT2D eigenvalue weighted by molar-refractivity contribution is 4.69. The molecule has 0 N–H and O–H groups in total. The largest absolute Gasteiger partial charge is 0.381 e. The first-order valence-electron chi connectivity index (χ1n) is 7.26. The molecule has 0 aliphatic carbocycles. The predicted molar refractivity (Wildman–Crippen MR) is 72.9 cm³/mol. The van der Waals surface area contributed by atoms with Gasteiger partial charge in [-0.2, -0.15) is 0 Å². The van der Waals surface area contributed by atoms with Crippen LogP contribution in [-0.2, 0) is 4.74 Å². The Bertz CT molecular complexity index is 138. The van der Waals surface area contributed by atoms with Crippen molar-refractivity contribution in [1.82, 2.24) is 0 Å². The zero-order valence-corrected chi connectivity index (χ0v) is 12.0. The normalized spacial score (nSPS) is 12.0. The average Bonchev–Trinajstić information content (AvgIpc) is 2.32. The van der Waals surface area contributed by atoms with Gasteiger partial charge in [0.2, 0.25) is 0 Å². The van der Waals surface area contributed by atoms with E-state index in [4.69, 9.17) is 4.74 Å². The maximum absolute atomic E-state index is 5.79. The van der Waals surface area contributed by atoms with Crippen LogP contribution in [0.5, 0.6) is 0 Å². The van der Waals surface area contributed by atoms with Crippen LogP contribution in [0.4, 0.5) is 0 Å². The van der Waals surface area contributed by atoms with Crippen LogP contribution in [0.1, 0.15) is 79.1 Å². The van der Waals surface area contributed by atoms with E-state index in [9.17, 15) is 0 Å². The van der Waals surface area contributed by atoms with Crippen LogP contribution in [0.15, 0.2) is 0 Å². The van der Waals surface area contributed by atoms with E-state index in [0.29, 0.717) is 5.41 Å². The Morgan fingerprint density at radius 1 is 0.812 bits per heavy atom. The van der Waals surface area contributed by atoms with Crippen LogP contribution in [0.3, 0.4) is 0 Å². The number of hydrogen-bond donors (Lipinski definition) is 0. The van der Waals surface area contributed by atoms with Crippen LogP contribution in [-0.4, -0.2) is 13.2 Å². The maximum Gasteiger partial charge on any atom is 0.0519 e. The third-order valence-electron chi connectivity index (χ3n) is 3.80. The molecule has 0 fully saturated rings. The second kappa shape index (κ2) is 10.1. The zero-order valence-electron chi connectivity index (χ0n) is 12.0. The van der Waals surface area contributed by atoms with Crippen molar-refractivity contribution >= 4 is 0 Å². The van der Waals surface area contributed by atoms with Crippen LogP contribution in [0.25, 0.3) is 0 Å². The third kappa shape index (κ3) is 8.15. The van der Waals surface area contributed by atoms with Gasteiger partial charge < -0.3 is 4.74 Å². The fourth-order valence-electron chi connectivity index (χ4n) is 1.76. The highest BCUT2D eigenvalue weighted by atomic mass is 16.5. The van der Waals surface area contributed by atoms with Crippen molar-refractivity contribution < 1.29 is 4.74 Å². The highest BCUT2D eigenvalue weighted by Crippen LogP contribution is 2.25. The Morgan fingerprint density at radius 3 is 1.94 bits per heavy atom. The Balaban J connectivity index is 3.26. The summed E-state index contributed by atoms with van der Waals surface area (Å²) in [6, 6.07) is 0. The molecule has 0 spiro atoms. The standard InChI is InChI=1S/C15H32O/c1-5-8-9-10-11-12-13-16-14-15(4,6-2)7-3/h5-14H2,1-4H3. The molecule has 0 bridgehead atoms. The molecule has 0 saturated heterocycles. The second-order valence-corrected chi connectivity index (χ2v) is 5.34. The first-order valence-corrected chi connectivity index (χ1v) is 7.26. The molecular weight excluding hydrogens is 196 g/mol. The van der Waals surface area contributed by atoms with E-state index in [1.54, 1.807) is 0 Å². The van der Waals surface area contributed by atoms with Gasteiger partial charge in [-0.05, 0) is 24.7 Å². The summed E-state index contributed by atoms with van der Waals surface area (Å²) in [7, 11) is 0. The van der Waals surface area contributed by atoms with Gasteiger partial charge in [-0.1, -0.05) is 59.8 Å². The molecule has 0 radical (unpaired) electrons. The van der Waals surface area contributed by atoms with Crippen LogP contribution in [0.2, 0.25) is 0 Å². The van der Waals surface area contributed by atoms with E-state index in [1.165, 1.54) is 51.4 Å². The van der Waals surface area contributed by atoms with Gasteiger partial charge >= 0.3 is 0 Å². The van der Waals surface area contributed by atoms with Gasteiger partial charge in [0, 0.05) is 6.61 Å². The number of ether oxygens (including phenoxy) is 1. The van der Waals surface area contributed by atoms with Gasteiger partial charge in [-0.3, -0.25) is 0 Å². The number of rotatable bonds is 11. The van der Waals surface area contributed by atoms with Gasteiger partial charge in [-0.25, -0.2) is 0 Å². The maximum atomic E-state index is 5.79. The molecule has 0 atom stereocenters. The van der Waals surface area contributed by atoms with Gasteiger partial charge in [0.1, 0.15) is 0 Å². The van der Waals surface area contributed by atoms with Crippen molar-refractivity contribution in [3.63, 3.8) is 0 Å². The summed E-state index contributed by atoms with van der Waals surface area (Å²) < 4.78 is 5.79. The average molecular weight is 228 g/mol. The van der Waals surface area contributed by atoms with Gasteiger partial charge in [0.25, 0.3) is 0 Å². The topological polar surface area (TPSA) is 9.23 Å². The van der Waals surface area contributed by atoms with Gasteiger partial charge in [0.15, 0.2) is 0 Å². The molecule has 0 aromatic rings. The Morgan fingerprint density at radius 2 is 1.38 bits per heavy atom. The fourth-order valence-corrected chi connectivity index (χ4v) is 1.76. The molecule has 0 saturated carbocycles. The third-order valence-corrected chi connectivity index (χ3v) is 3.80. The quantitative estimate of drug-likeness (QED) is 0.442. The molecular formula is C15H32O. The van der Waals surface area contributed by atoms with Crippen molar-refractivity contribution in [2.24, 2.45) is 5.41 Å². The summed E-state index contributed by atoms with van der Waals surface area (Å²) in [4.78, 5) is 0. The van der Waals surface area contributed by atoms with Crippen LogP contribution < -0.4 is 0 Å². The van der Waals surface area contributed by atoms with Crippen molar-refractivity contribution in [1.29, 1.82) is 0 Å². The predicted octanol–water partition coefficient (Wildman–Crippen LogP) is 5.19. The molecule has 0 aliphatic heterocycles. The van der Waals surface area contributed by atoms with Crippen molar-refractivity contribution in [3.8, 4) is 0 Å². The Kier molecular flexibility index (Phi) is 10.1. The molecule has 0 aromatic carbocycles. The monoisotopic (exact) mass is 228 g/mol. The molecule has 0 rings (SSSR count). The number of hydrogen-bond acceptors (Lipinski definition) is 1. The molecule has 16 heavy (non-hydrogen) atoms. The summed E-state index contributed by atoms with van der Waals surface area (Å²) in [6.45, 7) is 11.0. The molecule has 1 heteroatoms. The van der Waals surface area contributed by atoms with Crippen molar-refractivity contribution in [3.05, 3.63) is 0 Å². The first kappa shape index (κ1) is 16.0. The summed E-state index contributed by atoms with van der Waals surface area (Å²) in [6.07, 6.45) is 10.5. The fraction of sp³-hybridized carbons (Fsp3) is 1.00. The van der Waals surface area contributed by atoms with E-state index in [1.807, 2.05) is 0 Å². The van der Waals surface area contributed by atoms with Crippen LogP contribution in [0, 0.1) is 5.41 Å². The molecule has 0 aromatic heterocycles. The van der Waals surface area contributed by atoms with E-state index in [-0.39, 0.29) is 0 Å². The summed E-state index contributed by atoms with van der Waals surface area (Å²) in [5.74, 6) is 0. The lowest BCUT2D eigenvalue weighted by atomic mass is 9.86. The van der Waals surface area contributed by atoms with Crippen molar-refractivity contribution in [2.75, 3.05) is 13.2 Å². The minimum Gasteiger partial charge on any atom is -0.381 e. The summed E-state index contributed by atoms with van der Waals surface area (Å²) in [5.41, 5.74) is 0.405.